The predicted molar refractivity (Wildman–Crippen MR) is 129 cm³/mol. The first kappa shape index (κ1) is 21.0. The van der Waals surface area contributed by atoms with Crippen molar-refractivity contribution in [2.75, 3.05) is 5.32 Å². The van der Waals surface area contributed by atoms with Crippen molar-refractivity contribution in [3.8, 4) is 11.5 Å². The molecule has 8 heteroatoms. The number of amides is 1. The third-order valence-electron chi connectivity index (χ3n) is 4.98. The molecule has 7 nitrogen and oxygen atoms in total. The molecule has 33 heavy (non-hydrogen) atoms. The Hall–Kier alpha value is -3.91. The molecule has 5 rings (SSSR count). The van der Waals surface area contributed by atoms with Gasteiger partial charge in [0.2, 0.25) is 5.89 Å². The van der Waals surface area contributed by atoms with Crippen molar-refractivity contribution >= 4 is 45.4 Å². The molecule has 0 fully saturated rings. The summed E-state index contributed by atoms with van der Waals surface area (Å²) < 4.78 is 11.0. The molecule has 0 radical (unpaired) electrons. The van der Waals surface area contributed by atoms with Gasteiger partial charge in [-0.2, -0.15) is 0 Å². The minimum Gasteiger partial charge on any atom is -0.422 e. The van der Waals surface area contributed by atoms with Crippen LogP contribution in [0.15, 0.2) is 85.3 Å². The number of nitrogens with zero attached hydrogens (tertiary/aromatic N) is 2. The molecule has 3 aromatic carbocycles. The fourth-order valence-electron chi connectivity index (χ4n) is 3.56. The summed E-state index contributed by atoms with van der Waals surface area (Å²) >= 11 is 1.72. The summed E-state index contributed by atoms with van der Waals surface area (Å²) in [5.74, 6) is -0.411. The first-order chi connectivity index (χ1) is 16.0. The van der Waals surface area contributed by atoms with Gasteiger partial charge in [0.25, 0.3) is 5.91 Å². The van der Waals surface area contributed by atoms with Crippen LogP contribution in [0.25, 0.3) is 33.2 Å². The molecule has 0 aliphatic carbocycles. The highest BCUT2D eigenvalue weighted by Crippen LogP contribution is 2.28. The first-order valence-corrected chi connectivity index (χ1v) is 11.2. The minimum absolute atomic E-state index is 0.102. The van der Waals surface area contributed by atoms with E-state index in [1.54, 1.807) is 17.8 Å². The fourth-order valence-corrected chi connectivity index (χ4v) is 4.46. The number of rotatable bonds is 5. The Balaban J connectivity index is 1.44. The molecule has 0 bridgehead atoms. The zero-order chi connectivity index (χ0) is 22.9. The van der Waals surface area contributed by atoms with Crippen LogP contribution in [0.4, 0.5) is 6.01 Å². The maximum Gasteiger partial charge on any atom is 0.349 e. The number of anilines is 1. The maximum absolute atomic E-state index is 12.8. The Morgan fingerprint density at radius 3 is 2.64 bits per heavy atom. The molecular formula is C25H19N3O4S. The zero-order valence-corrected chi connectivity index (χ0v) is 18.7. The monoisotopic (exact) mass is 457 g/mol. The minimum atomic E-state index is -0.742. The van der Waals surface area contributed by atoms with Crippen LogP contribution in [-0.2, 0) is 0 Å². The molecular weight excluding hydrogens is 438 g/mol. The SMILES string of the molecule is CC(C)Sc1cccc(-c2nnc(NC(=O)c3cc4c(ccc5ccccc54)oc3=O)o2)c1. The fraction of sp³-hybridized carbons (Fsp3) is 0.120. The van der Waals surface area contributed by atoms with E-state index in [4.69, 9.17) is 8.83 Å². The van der Waals surface area contributed by atoms with Gasteiger partial charge in [0.1, 0.15) is 11.1 Å². The Kier molecular flexibility index (Phi) is 5.43. The molecule has 0 saturated heterocycles. The second-order valence-electron chi connectivity index (χ2n) is 7.71. The lowest BCUT2D eigenvalue weighted by Gasteiger charge is -2.05. The van der Waals surface area contributed by atoms with E-state index in [0.29, 0.717) is 16.2 Å². The van der Waals surface area contributed by atoms with Crippen molar-refractivity contribution < 1.29 is 13.6 Å². The summed E-state index contributed by atoms with van der Waals surface area (Å²) in [7, 11) is 0. The quantitative estimate of drug-likeness (QED) is 0.204. The highest BCUT2D eigenvalue weighted by atomic mass is 32.2. The summed E-state index contributed by atoms with van der Waals surface area (Å²) in [6.07, 6.45) is 0. The largest absolute Gasteiger partial charge is 0.422 e. The molecule has 5 aromatic rings. The molecule has 0 aliphatic rings. The number of nitrogens with one attached hydrogen (secondary N) is 1. The Bertz CT molecular complexity index is 1550. The highest BCUT2D eigenvalue weighted by Gasteiger charge is 2.18. The van der Waals surface area contributed by atoms with Crippen molar-refractivity contribution in [2.45, 2.75) is 24.0 Å². The van der Waals surface area contributed by atoms with Crippen LogP contribution in [-0.4, -0.2) is 21.4 Å². The summed E-state index contributed by atoms with van der Waals surface area (Å²) in [6.45, 7) is 4.23. The van der Waals surface area contributed by atoms with Crippen LogP contribution >= 0.6 is 11.8 Å². The number of fused-ring (bicyclic) bond motifs is 3. The lowest BCUT2D eigenvalue weighted by Crippen LogP contribution is -2.20. The number of aromatic nitrogens is 2. The molecule has 0 atom stereocenters. The second-order valence-corrected chi connectivity index (χ2v) is 9.36. The molecule has 1 N–H and O–H groups in total. The van der Waals surface area contributed by atoms with Crippen LogP contribution in [0.5, 0.6) is 0 Å². The molecule has 0 aliphatic heterocycles. The van der Waals surface area contributed by atoms with Crippen LogP contribution in [0, 0.1) is 0 Å². The van der Waals surface area contributed by atoms with Gasteiger partial charge in [0, 0.05) is 21.1 Å². The van der Waals surface area contributed by atoms with Gasteiger partial charge in [-0.25, -0.2) is 4.79 Å². The van der Waals surface area contributed by atoms with Crippen LogP contribution in [0.1, 0.15) is 24.2 Å². The van der Waals surface area contributed by atoms with E-state index in [1.165, 1.54) is 6.07 Å². The number of thioether (sulfide) groups is 1. The van der Waals surface area contributed by atoms with Crippen LogP contribution < -0.4 is 10.9 Å². The summed E-state index contributed by atoms with van der Waals surface area (Å²) in [4.78, 5) is 26.4. The Morgan fingerprint density at radius 2 is 1.79 bits per heavy atom. The van der Waals surface area contributed by atoms with E-state index in [2.05, 4.69) is 29.4 Å². The van der Waals surface area contributed by atoms with E-state index < -0.39 is 11.5 Å². The predicted octanol–water partition coefficient (Wildman–Crippen LogP) is 5.75. The molecule has 2 heterocycles. The van der Waals surface area contributed by atoms with Crippen molar-refractivity contribution in [3.63, 3.8) is 0 Å². The van der Waals surface area contributed by atoms with Gasteiger partial charge in [-0.3, -0.25) is 10.1 Å². The average Bonchev–Trinajstić information content (AvgIpc) is 3.26. The van der Waals surface area contributed by atoms with Gasteiger partial charge in [0.05, 0.1) is 0 Å². The van der Waals surface area contributed by atoms with E-state index in [9.17, 15) is 9.59 Å². The van der Waals surface area contributed by atoms with Crippen molar-refractivity contribution in [3.05, 3.63) is 82.7 Å². The van der Waals surface area contributed by atoms with Crippen molar-refractivity contribution in [1.29, 1.82) is 0 Å². The number of benzene rings is 3. The van der Waals surface area contributed by atoms with Gasteiger partial charge in [-0.15, -0.1) is 16.9 Å². The van der Waals surface area contributed by atoms with E-state index >= 15 is 0 Å². The Morgan fingerprint density at radius 1 is 0.939 bits per heavy atom. The highest BCUT2D eigenvalue weighted by molar-refractivity contribution is 7.99. The second kappa shape index (κ2) is 8.55. The van der Waals surface area contributed by atoms with Crippen LogP contribution in [0.3, 0.4) is 0 Å². The van der Waals surface area contributed by atoms with Gasteiger partial charge >= 0.3 is 11.6 Å². The topological polar surface area (TPSA) is 98.2 Å². The first-order valence-electron chi connectivity index (χ1n) is 10.4. The number of carbonyl (C=O) groups excluding carboxylic acids is 1. The third-order valence-corrected chi connectivity index (χ3v) is 5.98. The third kappa shape index (κ3) is 4.25. The lowest BCUT2D eigenvalue weighted by molar-refractivity contribution is 0.102. The van der Waals surface area contributed by atoms with Crippen molar-refractivity contribution in [2.24, 2.45) is 0 Å². The van der Waals surface area contributed by atoms with E-state index in [1.807, 2.05) is 54.6 Å². The molecule has 2 aromatic heterocycles. The molecule has 1 amide bonds. The summed E-state index contributed by atoms with van der Waals surface area (Å²) in [6, 6.07) is 20.4. The molecule has 0 unspecified atom stereocenters. The maximum atomic E-state index is 12.8. The van der Waals surface area contributed by atoms with Gasteiger partial charge in [-0.05, 0) is 41.1 Å². The normalized spacial score (nSPS) is 11.4. The van der Waals surface area contributed by atoms with E-state index in [0.717, 1.165) is 21.2 Å². The molecule has 0 spiro atoms. The summed E-state index contributed by atoms with van der Waals surface area (Å²) in [5.41, 5.74) is 0.266. The smallest absolute Gasteiger partial charge is 0.349 e. The summed E-state index contributed by atoms with van der Waals surface area (Å²) in [5, 5.41) is 13.4. The van der Waals surface area contributed by atoms with Crippen molar-refractivity contribution in [1.82, 2.24) is 10.2 Å². The number of hydrogen-bond donors (Lipinski definition) is 1. The van der Waals surface area contributed by atoms with Gasteiger partial charge < -0.3 is 8.83 Å². The van der Waals surface area contributed by atoms with E-state index in [-0.39, 0.29) is 17.5 Å². The standard InChI is InChI=1S/C25H19N3O4S/c1-14(2)33-17-8-5-7-16(12-17)23-27-28-25(32-23)26-22(29)20-13-19-18-9-4-3-6-15(18)10-11-21(19)31-24(20)30/h3-14H,1-2H3,(H,26,28,29). The number of hydrogen-bond acceptors (Lipinski definition) is 7. The van der Waals surface area contributed by atoms with Gasteiger partial charge in [0.15, 0.2) is 0 Å². The molecule has 164 valence electrons. The van der Waals surface area contributed by atoms with Crippen LogP contribution in [0.2, 0.25) is 0 Å². The molecule has 0 saturated carbocycles. The lowest BCUT2D eigenvalue weighted by atomic mass is 10.0. The number of carbonyl (C=O) groups is 1. The average molecular weight is 458 g/mol. The van der Waals surface area contributed by atoms with Gasteiger partial charge in [-0.1, -0.05) is 55.3 Å². The zero-order valence-electron chi connectivity index (χ0n) is 17.9. The Labute approximate surface area is 192 Å².